The van der Waals surface area contributed by atoms with E-state index in [1.54, 1.807) is 22.5 Å². The molecule has 0 radical (unpaired) electrons. The largest absolute Gasteiger partial charge is 0.483 e. The lowest BCUT2D eigenvalue weighted by Gasteiger charge is -2.26. The summed E-state index contributed by atoms with van der Waals surface area (Å²) in [6.45, 7) is 7.57. The minimum atomic E-state index is -3.49. The summed E-state index contributed by atoms with van der Waals surface area (Å²) in [5.41, 5.74) is 1.69. The zero-order valence-corrected chi connectivity index (χ0v) is 19.4. The molecule has 0 spiro atoms. The average Bonchev–Trinajstić information content (AvgIpc) is 2.76. The first kappa shape index (κ1) is 23.3. The number of para-hydroxylation sites is 1. The predicted octanol–water partition coefficient (Wildman–Crippen LogP) is 3.85. The number of sulfonamides is 1. The second-order valence-electron chi connectivity index (χ2n) is 8.92. The van der Waals surface area contributed by atoms with Crippen molar-refractivity contribution in [2.75, 3.05) is 19.7 Å². The minimum absolute atomic E-state index is 0.0899. The highest BCUT2D eigenvalue weighted by molar-refractivity contribution is 7.89. The lowest BCUT2D eigenvalue weighted by atomic mass is 9.86. The van der Waals surface area contributed by atoms with Crippen LogP contribution < -0.4 is 10.1 Å². The van der Waals surface area contributed by atoms with Crippen LogP contribution in [0.1, 0.15) is 51.2 Å². The van der Waals surface area contributed by atoms with Crippen molar-refractivity contribution in [1.29, 1.82) is 0 Å². The van der Waals surface area contributed by atoms with Crippen LogP contribution in [0.5, 0.6) is 5.75 Å². The predicted molar refractivity (Wildman–Crippen MR) is 122 cm³/mol. The maximum Gasteiger partial charge on any atom is 0.258 e. The molecule has 1 fully saturated rings. The Morgan fingerprint density at radius 3 is 2.45 bits per heavy atom. The zero-order chi connectivity index (χ0) is 22.5. The summed E-state index contributed by atoms with van der Waals surface area (Å²) in [5, 5.41) is 2.81. The Morgan fingerprint density at radius 1 is 1.03 bits per heavy atom. The molecule has 31 heavy (non-hydrogen) atoms. The molecule has 0 aliphatic carbocycles. The minimum Gasteiger partial charge on any atom is -0.483 e. The van der Waals surface area contributed by atoms with Gasteiger partial charge in [-0.05, 0) is 47.6 Å². The Balaban J connectivity index is 1.58. The summed E-state index contributed by atoms with van der Waals surface area (Å²) in [7, 11) is -3.49. The summed E-state index contributed by atoms with van der Waals surface area (Å²) < 4.78 is 33.0. The maximum atomic E-state index is 12.9. The standard InChI is InChI=1S/C24H32N2O4S/c1-24(2,3)21-12-5-6-13-22(21)30-18-23(27)25-17-19-10-9-11-20(16-19)31(28,29)26-14-7-4-8-15-26/h5-6,9-13,16H,4,7-8,14-15,17-18H2,1-3H3,(H,25,27). The molecule has 1 N–H and O–H groups in total. The normalized spacial score (nSPS) is 15.5. The first-order chi connectivity index (χ1) is 14.7. The molecule has 168 valence electrons. The van der Waals surface area contributed by atoms with Gasteiger partial charge in [-0.25, -0.2) is 8.42 Å². The van der Waals surface area contributed by atoms with E-state index in [4.69, 9.17) is 4.74 Å². The second-order valence-corrected chi connectivity index (χ2v) is 10.9. The number of carbonyl (C=O) groups is 1. The highest BCUT2D eigenvalue weighted by Gasteiger charge is 2.26. The van der Waals surface area contributed by atoms with Gasteiger partial charge in [0.05, 0.1) is 4.90 Å². The molecule has 1 saturated heterocycles. The Kier molecular flexibility index (Phi) is 7.38. The summed E-state index contributed by atoms with van der Waals surface area (Å²) in [4.78, 5) is 12.6. The van der Waals surface area contributed by atoms with E-state index in [9.17, 15) is 13.2 Å². The van der Waals surface area contributed by atoms with E-state index in [-0.39, 0.29) is 29.4 Å². The molecule has 2 aromatic carbocycles. The summed E-state index contributed by atoms with van der Waals surface area (Å²) in [6, 6.07) is 14.5. The van der Waals surface area contributed by atoms with Crippen LogP contribution in [-0.2, 0) is 26.8 Å². The lowest BCUT2D eigenvalue weighted by molar-refractivity contribution is -0.123. The number of hydrogen-bond donors (Lipinski definition) is 1. The van der Waals surface area contributed by atoms with Gasteiger partial charge in [-0.1, -0.05) is 57.5 Å². The van der Waals surface area contributed by atoms with Crippen molar-refractivity contribution >= 4 is 15.9 Å². The number of nitrogens with zero attached hydrogens (tertiary/aromatic N) is 1. The van der Waals surface area contributed by atoms with E-state index in [0.29, 0.717) is 18.8 Å². The molecule has 1 aliphatic rings. The molecule has 1 amide bonds. The second kappa shape index (κ2) is 9.83. The molecule has 0 unspecified atom stereocenters. The van der Waals surface area contributed by atoms with Crippen LogP contribution in [0.3, 0.4) is 0 Å². The molecular formula is C24H32N2O4S. The van der Waals surface area contributed by atoms with Gasteiger partial charge >= 0.3 is 0 Å². The molecule has 0 aromatic heterocycles. The van der Waals surface area contributed by atoms with Gasteiger partial charge in [-0.15, -0.1) is 0 Å². The number of ether oxygens (including phenoxy) is 1. The van der Waals surface area contributed by atoms with Gasteiger partial charge in [-0.2, -0.15) is 4.31 Å². The zero-order valence-electron chi connectivity index (χ0n) is 18.6. The Bertz CT molecular complexity index is 1010. The molecular weight excluding hydrogens is 412 g/mol. The molecule has 3 rings (SSSR count). The van der Waals surface area contributed by atoms with E-state index in [0.717, 1.165) is 30.4 Å². The summed E-state index contributed by atoms with van der Waals surface area (Å²) >= 11 is 0. The summed E-state index contributed by atoms with van der Waals surface area (Å²) in [5.74, 6) is 0.438. The number of hydrogen-bond acceptors (Lipinski definition) is 4. The van der Waals surface area contributed by atoms with E-state index in [1.807, 2.05) is 30.3 Å². The fourth-order valence-electron chi connectivity index (χ4n) is 3.68. The number of carbonyl (C=O) groups excluding carboxylic acids is 1. The number of nitrogens with one attached hydrogen (secondary N) is 1. The lowest BCUT2D eigenvalue weighted by Crippen LogP contribution is -2.35. The monoisotopic (exact) mass is 444 g/mol. The van der Waals surface area contributed by atoms with Gasteiger partial charge in [0.15, 0.2) is 6.61 Å². The van der Waals surface area contributed by atoms with E-state index < -0.39 is 10.0 Å². The van der Waals surface area contributed by atoms with Crippen LogP contribution >= 0.6 is 0 Å². The van der Waals surface area contributed by atoms with E-state index in [1.165, 1.54) is 0 Å². The average molecular weight is 445 g/mol. The molecule has 0 bridgehead atoms. The third-order valence-corrected chi connectivity index (χ3v) is 7.29. The van der Waals surface area contributed by atoms with Gasteiger partial charge in [0.1, 0.15) is 5.75 Å². The molecule has 0 saturated carbocycles. The topological polar surface area (TPSA) is 75.7 Å². The van der Waals surface area contributed by atoms with Crippen LogP contribution in [0.2, 0.25) is 0 Å². The fraction of sp³-hybridized carbons (Fsp3) is 0.458. The number of benzene rings is 2. The van der Waals surface area contributed by atoms with Crippen molar-refractivity contribution < 1.29 is 17.9 Å². The van der Waals surface area contributed by atoms with Crippen LogP contribution in [0.25, 0.3) is 0 Å². The van der Waals surface area contributed by atoms with Crippen molar-refractivity contribution in [2.45, 2.75) is 56.9 Å². The SMILES string of the molecule is CC(C)(C)c1ccccc1OCC(=O)NCc1cccc(S(=O)(=O)N2CCCCC2)c1. The highest BCUT2D eigenvalue weighted by atomic mass is 32.2. The third-order valence-electron chi connectivity index (χ3n) is 5.39. The summed E-state index contributed by atoms with van der Waals surface area (Å²) in [6.07, 6.45) is 2.86. The van der Waals surface area contributed by atoms with Crippen molar-refractivity contribution in [3.05, 3.63) is 59.7 Å². The van der Waals surface area contributed by atoms with Crippen molar-refractivity contribution in [1.82, 2.24) is 9.62 Å². The quantitative estimate of drug-likeness (QED) is 0.704. The molecule has 0 atom stereocenters. The first-order valence-electron chi connectivity index (χ1n) is 10.8. The third kappa shape index (κ3) is 6.08. The highest BCUT2D eigenvalue weighted by Crippen LogP contribution is 2.30. The van der Waals surface area contributed by atoms with Crippen LogP contribution in [0.15, 0.2) is 53.4 Å². The molecule has 6 nitrogen and oxygen atoms in total. The van der Waals surface area contributed by atoms with Gasteiger partial charge in [0, 0.05) is 19.6 Å². The van der Waals surface area contributed by atoms with Crippen LogP contribution in [0, 0.1) is 0 Å². The number of rotatable bonds is 7. The Morgan fingerprint density at radius 2 is 1.74 bits per heavy atom. The molecule has 7 heteroatoms. The number of piperidine rings is 1. The van der Waals surface area contributed by atoms with Gasteiger partial charge in [0.25, 0.3) is 5.91 Å². The van der Waals surface area contributed by atoms with Crippen LogP contribution in [-0.4, -0.2) is 38.3 Å². The fourth-order valence-corrected chi connectivity index (χ4v) is 5.27. The smallest absolute Gasteiger partial charge is 0.258 e. The van der Waals surface area contributed by atoms with Crippen molar-refractivity contribution in [2.24, 2.45) is 0 Å². The molecule has 1 aliphatic heterocycles. The van der Waals surface area contributed by atoms with Crippen LogP contribution in [0.4, 0.5) is 0 Å². The van der Waals surface area contributed by atoms with Crippen molar-refractivity contribution in [3.63, 3.8) is 0 Å². The molecule has 1 heterocycles. The van der Waals surface area contributed by atoms with Gasteiger partial charge in [-0.3, -0.25) is 4.79 Å². The molecule has 2 aromatic rings. The van der Waals surface area contributed by atoms with E-state index in [2.05, 4.69) is 26.1 Å². The first-order valence-corrected chi connectivity index (χ1v) is 12.2. The Hall–Kier alpha value is -2.38. The van der Waals surface area contributed by atoms with E-state index >= 15 is 0 Å². The maximum absolute atomic E-state index is 12.9. The van der Waals surface area contributed by atoms with Gasteiger partial charge < -0.3 is 10.1 Å². The van der Waals surface area contributed by atoms with Gasteiger partial charge in [0.2, 0.25) is 10.0 Å². The Labute approximate surface area is 185 Å². The van der Waals surface area contributed by atoms with Crippen molar-refractivity contribution in [3.8, 4) is 5.75 Å². The number of amides is 1.